The van der Waals surface area contributed by atoms with Crippen molar-refractivity contribution >= 4 is 0 Å². The first-order valence-corrected chi connectivity index (χ1v) is 0. The molecule has 0 aliphatic carbocycles. The van der Waals surface area contributed by atoms with E-state index >= 15 is 0 Å². The monoisotopic (exact) mass is 277 g/mol. The van der Waals surface area contributed by atoms with E-state index in [-0.39, 0.29) is 47.8 Å². The maximum absolute atomic E-state index is 0. The van der Waals surface area contributed by atoms with E-state index in [0.29, 0.717) is 0 Å². The molecule has 0 spiro atoms. The average molecular weight is 276 g/mol. The summed E-state index contributed by atoms with van der Waals surface area (Å²) in [5.74, 6) is 0. The molecular formula is H10O5Re. The third-order valence-corrected chi connectivity index (χ3v) is 0. The Morgan fingerprint density at radius 1 is 0.333 bits per heavy atom. The summed E-state index contributed by atoms with van der Waals surface area (Å²) in [6.45, 7) is 0. The van der Waals surface area contributed by atoms with E-state index in [1.165, 1.54) is 0 Å². The molecule has 1 radical (unpaired) electrons. The first-order valence-electron chi connectivity index (χ1n) is 0. The predicted octanol–water partition coefficient (Wildman–Crippen LogP) is -4.13. The van der Waals surface area contributed by atoms with Crippen molar-refractivity contribution in [2.75, 3.05) is 0 Å². The van der Waals surface area contributed by atoms with Crippen LogP contribution in [-0.4, -0.2) is 27.4 Å². The zero-order valence-electron chi connectivity index (χ0n) is 2.88. The molecule has 0 heterocycles. The normalized spacial score (nSPS) is 0. The predicted molar refractivity (Wildman–Crippen MR) is 18.1 cm³/mol. The molecular weight excluding hydrogens is 266 g/mol. The van der Waals surface area contributed by atoms with Crippen LogP contribution in [0.3, 0.4) is 0 Å². The van der Waals surface area contributed by atoms with E-state index in [1.807, 2.05) is 0 Å². The van der Waals surface area contributed by atoms with Crippen molar-refractivity contribution in [2.24, 2.45) is 0 Å². The van der Waals surface area contributed by atoms with Crippen LogP contribution in [0.5, 0.6) is 0 Å². The SMILES string of the molecule is O.O.O.O.O.[Re]. The number of hydrogen-bond donors (Lipinski definition) is 0. The van der Waals surface area contributed by atoms with Crippen molar-refractivity contribution in [3.05, 3.63) is 0 Å². The van der Waals surface area contributed by atoms with Crippen molar-refractivity contribution in [3.8, 4) is 0 Å². The molecule has 0 aromatic rings. The van der Waals surface area contributed by atoms with Crippen LogP contribution in [0.1, 0.15) is 0 Å². The molecule has 5 nitrogen and oxygen atoms in total. The Hall–Kier alpha value is 0.462. The second-order valence-electron chi connectivity index (χ2n) is 0. The largest absolute Gasteiger partial charge is 0.412 e. The molecule has 0 aliphatic rings. The fraction of sp³-hybridized carbons (Fsp3) is 0. The van der Waals surface area contributed by atoms with Crippen LogP contribution in [0.15, 0.2) is 0 Å². The van der Waals surface area contributed by atoms with Gasteiger partial charge in [-0.15, -0.1) is 0 Å². The van der Waals surface area contributed by atoms with Gasteiger partial charge in [-0.1, -0.05) is 0 Å². The van der Waals surface area contributed by atoms with Gasteiger partial charge in [0.05, 0.1) is 0 Å². The van der Waals surface area contributed by atoms with Gasteiger partial charge in [0.25, 0.3) is 0 Å². The molecule has 0 saturated carbocycles. The van der Waals surface area contributed by atoms with E-state index in [4.69, 9.17) is 0 Å². The Morgan fingerprint density at radius 3 is 0.333 bits per heavy atom. The van der Waals surface area contributed by atoms with Crippen molar-refractivity contribution in [1.29, 1.82) is 0 Å². The fourth-order valence-electron chi connectivity index (χ4n) is 0. The molecule has 0 aromatic heterocycles. The van der Waals surface area contributed by atoms with Crippen molar-refractivity contribution in [1.82, 2.24) is 0 Å². The maximum atomic E-state index is 0. The number of hydrogen-bond acceptors (Lipinski definition) is 0. The van der Waals surface area contributed by atoms with Gasteiger partial charge in [-0.25, -0.2) is 0 Å². The molecule has 6 heteroatoms. The van der Waals surface area contributed by atoms with E-state index in [2.05, 4.69) is 0 Å². The first kappa shape index (κ1) is 902. The third-order valence-electron chi connectivity index (χ3n) is 0. The maximum Gasteiger partial charge on any atom is 0 e. The molecule has 0 saturated heterocycles. The Kier molecular flexibility index (Phi) is 76500. The third kappa shape index (κ3) is 250. The zero-order valence-corrected chi connectivity index (χ0v) is 5.59. The van der Waals surface area contributed by atoms with Gasteiger partial charge in [0.2, 0.25) is 0 Å². The molecule has 0 fully saturated rings. The minimum atomic E-state index is 0. The second-order valence-corrected chi connectivity index (χ2v) is 0. The quantitative estimate of drug-likeness (QED) is 0.421. The molecule has 0 rings (SSSR count). The Bertz CT molecular complexity index is 3.90. The van der Waals surface area contributed by atoms with Gasteiger partial charge in [0, 0.05) is 20.4 Å². The molecule has 0 unspecified atom stereocenters. The minimum absolute atomic E-state index is 0. The molecule has 0 bridgehead atoms. The molecule has 0 aliphatic heterocycles. The summed E-state index contributed by atoms with van der Waals surface area (Å²) in [5, 5.41) is 0. The van der Waals surface area contributed by atoms with E-state index < -0.39 is 0 Å². The van der Waals surface area contributed by atoms with E-state index in [9.17, 15) is 0 Å². The van der Waals surface area contributed by atoms with Crippen LogP contribution in [0, 0.1) is 0 Å². The molecule has 0 amide bonds. The molecule has 10 N–H and O–H groups in total. The summed E-state index contributed by atoms with van der Waals surface area (Å²) in [7, 11) is 0. The van der Waals surface area contributed by atoms with Crippen LogP contribution in [0.2, 0.25) is 0 Å². The van der Waals surface area contributed by atoms with Crippen LogP contribution >= 0.6 is 0 Å². The van der Waals surface area contributed by atoms with E-state index in [1.54, 1.807) is 0 Å². The van der Waals surface area contributed by atoms with Crippen LogP contribution < -0.4 is 0 Å². The van der Waals surface area contributed by atoms with Gasteiger partial charge in [-0.05, 0) is 0 Å². The second kappa shape index (κ2) is 509. The first-order chi connectivity index (χ1) is 0. The summed E-state index contributed by atoms with van der Waals surface area (Å²) < 4.78 is 0. The smallest absolute Gasteiger partial charge is 0 e. The van der Waals surface area contributed by atoms with Crippen LogP contribution in [-0.2, 0) is 20.4 Å². The number of rotatable bonds is 0. The average Bonchev–Trinajstić information content (AvgIpc) is 0. The Morgan fingerprint density at radius 2 is 0.333 bits per heavy atom. The van der Waals surface area contributed by atoms with Crippen LogP contribution in [0.4, 0.5) is 0 Å². The Labute approximate surface area is 48.6 Å². The van der Waals surface area contributed by atoms with Gasteiger partial charge in [-0.3, -0.25) is 0 Å². The molecule has 0 aromatic carbocycles. The van der Waals surface area contributed by atoms with Gasteiger partial charge in [0.15, 0.2) is 0 Å². The Balaban J connectivity index is 0. The van der Waals surface area contributed by atoms with Gasteiger partial charge in [0.1, 0.15) is 0 Å². The molecule has 6 heavy (non-hydrogen) atoms. The summed E-state index contributed by atoms with van der Waals surface area (Å²) in [6, 6.07) is 0. The standard InChI is InChI=1S/5H2O.Re/h5*1H2;. The summed E-state index contributed by atoms with van der Waals surface area (Å²) in [6.07, 6.45) is 0. The van der Waals surface area contributed by atoms with Crippen molar-refractivity contribution in [3.63, 3.8) is 0 Å². The van der Waals surface area contributed by atoms with E-state index in [0.717, 1.165) is 0 Å². The van der Waals surface area contributed by atoms with Gasteiger partial charge < -0.3 is 27.4 Å². The fourth-order valence-corrected chi connectivity index (χ4v) is 0. The topological polar surface area (TPSA) is 158 Å². The molecule has 47 valence electrons. The van der Waals surface area contributed by atoms with Crippen molar-refractivity contribution < 1.29 is 47.8 Å². The minimum Gasteiger partial charge on any atom is -0.412 e. The van der Waals surface area contributed by atoms with Crippen LogP contribution in [0.25, 0.3) is 0 Å². The van der Waals surface area contributed by atoms with Gasteiger partial charge >= 0.3 is 0 Å². The molecule has 0 atom stereocenters. The summed E-state index contributed by atoms with van der Waals surface area (Å²) >= 11 is 0. The summed E-state index contributed by atoms with van der Waals surface area (Å²) in [5.41, 5.74) is 0. The van der Waals surface area contributed by atoms with Gasteiger partial charge in [-0.2, -0.15) is 0 Å². The van der Waals surface area contributed by atoms with Crippen molar-refractivity contribution in [2.45, 2.75) is 0 Å². The zero-order chi connectivity index (χ0) is 0. The summed E-state index contributed by atoms with van der Waals surface area (Å²) in [4.78, 5) is 0.